The quantitative estimate of drug-likeness (QED) is 0.479. The molecule has 0 aliphatic carbocycles. The maximum atomic E-state index is 12.2. The molecule has 1 aromatic carbocycles. The Balaban J connectivity index is 1.52. The monoisotopic (exact) mass is 445 g/mol. The van der Waals surface area contributed by atoms with E-state index in [9.17, 15) is 9.59 Å². The van der Waals surface area contributed by atoms with Crippen molar-refractivity contribution in [2.24, 2.45) is 0 Å². The van der Waals surface area contributed by atoms with Crippen LogP contribution in [0.4, 0.5) is 5.69 Å². The number of rotatable bonds is 8. The number of anilines is 1. The van der Waals surface area contributed by atoms with Crippen LogP contribution in [-0.4, -0.2) is 23.3 Å². The van der Waals surface area contributed by atoms with Gasteiger partial charge in [-0.1, -0.05) is 35.3 Å². The number of carbonyl (C=O) groups is 2. The molecular formula is C21H17Cl2N3O4. The second-order valence-corrected chi connectivity index (χ2v) is 6.82. The van der Waals surface area contributed by atoms with E-state index in [0.29, 0.717) is 22.2 Å². The maximum absolute atomic E-state index is 12.2. The molecule has 0 atom stereocenters. The molecule has 30 heavy (non-hydrogen) atoms. The summed E-state index contributed by atoms with van der Waals surface area (Å²) < 4.78 is 10.8. The number of furan rings is 1. The summed E-state index contributed by atoms with van der Waals surface area (Å²) in [5.41, 5.74) is 0.444. The third kappa shape index (κ3) is 6.37. The number of ether oxygens (including phenoxy) is 1. The summed E-state index contributed by atoms with van der Waals surface area (Å²) in [6.45, 7) is 0.167. The summed E-state index contributed by atoms with van der Waals surface area (Å²) in [7, 11) is 0. The molecule has 9 heteroatoms. The Morgan fingerprint density at radius 3 is 2.77 bits per heavy atom. The van der Waals surface area contributed by atoms with Crippen LogP contribution in [0.25, 0.3) is 6.08 Å². The molecule has 154 valence electrons. The number of hydrogen-bond acceptors (Lipinski definition) is 5. The number of para-hydroxylation sites is 2. The Morgan fingerprint density at radius 1 is 1.17 bits per heavy atom. The van der Waals surface area contributed by atoms with Crippen LogP contribution in [0.5, 0.6) is 11.6 Å². The molecule has 0 saturated heterocycles. The lowest BCUT2D eigenvalue weighted by molar-refractivity contribution is -0.117. The highest BCUT2D eigenvalue weighted by Crippen LogP contribution is 2.33. The first-order valence-electron chi connectivity index (χ1n) is 8.88. The molecule has 7 nitrogen and oxygen atoms in total. The van der Waals surface area contributed by atoms with Crippen LogP contribution in [-0.2, 0) is 9.59 Å². The molecule has 2 N–H and O–H groups in total. The van der Waals surface area contributed by atoms with E-state index >= 15 is 0 Å². The number of hydrogen-bond donors (Lipinski definition) is 2. The van der Waals surface area contributed by atoms with E-state index in [1.54, 1.807) is 42.5 Å². The van der Waals surface area contributed by atoms with Gasteiger partial charge in [-0.2, -0.15) is 0 Å². The van der Waals surface area contributed by atoms with Gasteiger partial charge in [0.15, 0.2) is 5.75 Å². The zero-order valence-corrected chi connectivity index (χ0v) is 17.1. The van der Waals surface area contributed by atoms with E-state index in [2.05, 4.69) is 15.6 Å². The summed E-state index contributed by atoms with van der Waals surface area (Å²) in [6, 6.07) is 11.8. The fourth-order valence-corrected chi connectivity index (χ4v) is 2.77. The minimum absolute atomic E-state index is 0.0780. The number of nitrogens with zero attached hydrogens (tertiary/aromatic N) is 1. The predicted octanol–water partition coefficient (Wildman–Crippen LogP) is 4.93. The summed E-state index contributed by atoms with van der Waals surface area (Å²) in [5.74, 6) is 0.476. The minimum Gasteiger partial charge on any atom is -0.465 e. The second kappa shape index (κ2) is 10.5. The minimum atomic E-state index is -0.327. The van der Waals surface area contributed by atoms with Crippen molar-refractivity contribution < 1.29 is 18.7 Å². The number of benzene rings is 1. The first kappa shape index (κ1) is 21.4. The number of carbonyl (C=O) groups excluding carboxylic acids is 2. The van der Waals surface area contributed by atoms with Crippen LogP contribution in [0.2, 0.25) is 10.0 Å². The number of aromatic nitrogens is 1. The lowest BCUT2D eigenvalue weighted by Crippen LogP contribution is -2.26. The van der Waals surface area contributed by atoms with E-state index < -0.39 is 0 Å². The maximum Gasteiger partial charge on any atom is 0.244 e. The van der Waals surface area contributed by atoms with Crippen LogP contribution in [0.15, 0.2) is 65.4 Å². The SMILES string of the molecule is O=C(/C=C/c1ccco1)NCCC(=O)Nc1ccccc1Oc1ncc(Cl)cc1Cl. The van der Waals surface area contributed by atoms with Crippen molar-refractivity contribution >= 4 is 46.8 Å². The van der Waals surface area contributed by atoms with Gasteiger partial charge in [-0.15, -0.1) is 0 Å². The molecule has 0 spiro atoms. The van der Waals surface area contributed by atoms with Crippen LogP contribution < -0.4 is 15.4 Å². The Hall–Kier alpha value is -3.29. The van der Waals surface area contributed by atoms with Crippen molar-refractivity contribution in [1.29, 1.82) is 0 Å². The first-order valence-corrected chi connectivity index (χ1v) is 9.64. The highest BCUT2D eigenvalue weighted by Gasteiger charge is 2.11. The lowest BCUT2D eigenvalue weighted by Gasteiger charge is -2.12. The predicted molar refractivity (Wildman–Crippen MR) is 115 cm³/mol. The average molecular weight is 446 g/mol. The molecule has 0 bridgehead atoms. The first-order chi connectivity index (χ1) is 14.5. The Labute approximate surface area is 182 Å². The van der Waals surface area contributed by atoms with Gasteiger partial charge in [0.05, 0.1) is 17.0 Å². The van der Waals surface area contributed by atoms with Crippen LogP contribution in [0, 0.1) is 0 Å². The lowest BCUT2D eigenvalue weighted by atomic mass is 10.2. The van der Waals surface area contributed by atoms with Gasteiger partial charge in [0.25, 0.3) is 0 Å². The van der Waals surface area contributed by atoms with Crippen molar-refractivity contribution in [3.05, 3.63) is 76.8 Å². The third-order valence-corrected chi connectivity index (χ3v) is 4.21. The van der Waals surface area contributed by atoms with Crippen molar-refractivity contribution in [2.45, 2.75) is 6.42 Å². The Morgan fingerprint density at radius 2 is 2.00 bits per heavy atom. The number of halogens is 2. The Bertz CT molecular complexity index is 1050. The van der Waals surface area contributed by atoms with Crippen LogP contribution in [0.1, 0.15) is 12.2 Å². The molecule has 0 aliphatic heterocycles. The summed E-state index contributed by atoms with van der Waals surface area (Å²) in [4.78, 5) is 28.1. The van der Waals surface area contributed by atoms with Gasteiger partial charge in [0.2, 0.25) is 17.7 Å². The average Bonchev–Trinajstić information content (AvgIpc) is 3.23. The van der Waals surface area contributed by atoms with Crippen molar-refractivity contribution in [3.8, 4) is 11.6 Å². The van der Waals surface area contributed by atoms with Gasteiger partial charge in [-0.25, -0.2) is 4.98 Å². The smallest absolute Gasteiger partial charge is 0.244 e. The van der Waals surface area contributed by atoms with Gasteiger partial charge in [0, 0.05) is 25.2 Å². The number of nitrogens with one attached hydrogen (secondary N) is 2. The van der Waals surface area contributed by atoms with Crippen LogP contribution in [0.3, 0.4) is 0 Å². The zero-order valence-electron chi connectivity index (χ0n) is 15.6. The highest BCUT2D eigenvalue weighted by atomic mass is 35.5. The molecule has 2 heterocycles. The van der Waals surface area contributed by atoms with Gasteiger partial charge in [0.1, 0.15) is 10.8 Å². The molecule has 0 radical (unpaired) electrons. The normalized spacial score (nSPS) is 10.7. The largest absolute Gasteiger partial charge is 0.465 e. The number of pyridine rings is 1. The number of amides is 2. The topological polar surface area (TPSA) is 93.5 Å². The van der Waals surface area contributed by atoms with Gasteiger partial charge < -0.3 is 19.8 Å². The fourth-order valence-electron chi connectivity index (χ4n) is 2.35. The molecule has 2 amide bonds. The molecule has 3 aromatic rings. The summed E-state index contributed by atoms with van der Waals surface area (Å²) in [5, 5.41) is 6.00. The van der Waals surface area contributed by atoms with E-state index in [4.69, 9.17) is 32.4 Å². The standard InChI is InChI=1S/C21H17Cl2N3O4/c22-14-12-16(23)21(25-13-14)30-18-6-2-1-5-17(18)26-20(28)9-10-24-19(27)8-7-15-4-3-11-29-15/h1-8,11-13H,9-10H2,(H,24,27)(H,26,28)/b8-7+. The van der Waals surface area contributed by atoms with E-state index in [1.165, 1.54) is 24.6 Å². The second-order valence-electron chi connectivity index (χ2n) is 5.98. The molecule has 0 aliphatic rings. The van der Waals surface area contributed by atoms with Gasteiger partial charge in [-0.3, -0.25) is 9.59 Å². The van der Waals surface area contributed by atoms with Gasteiger partial charge in [-0.05, 0) is 36.4 Å². The van der Waals surface area contributed by atoms with E-state index in [0.717, 1.165) is 0 Å². The van der Waals surface area contributed by atoms with Crippen molar-refractivity contribution in [2.75, 3.05) is 11.9 Å². The van der Waals surface area contributed by atoms with E-state index in [-0.39, 0.29) is 35.7 Å². The molecule has 2 aromatic heterocycles. The van der Waals surface area contributed by atoms with Crippen molar-refractivity contribution in [1.82, 2.24) is 10.3 Å². The van der Waals surface area contributed by atoms with Crippen molar-refractivity contribution in [3.63, 3.8) is 0 Å². The molecule has 3 rings (SSSR count). The fraction of sp³-hybridized carbons (Fsp3) is 0.0952. The molecule has 0 unspecified atom stereocenters. The molecule has 0 saturated carbocycles. The van der Waals surface area contributed by atoms with E-state index in [1.807, 2.05) is 0 Å². The Kier molecular flexibility index (Phi) is 7.48. The highest BCUT2D eigenvalue weighted by molar-refractivity contribution is 6.35. The summed E-state index contributed by atoms with van der Waals surface area (Å²) in [6.07, 6.45) is 5.88. The van der Waals surface area contributed by atoms with Gasteiger partial charge >= 0.3 is 0 Å². The summed E-state index contributed by atoms with van der Waals surface area (Å²) >= 11 is 11.9. The zero-order chi connectivity index (χ0) is 21.3. The molecule has 0 fully saturated rings. The third-order valence-electron chi connectivity index (χ3n) is 3.74. The molecular weight excluding hydrogens is 429 g/mol. The van der Waals surface area contributed by atoms with Crippen LogP contribution >= 0.6 is 23.2 Å².